The molecule has 0 aliphatic heterocycles. The maximum absolute atomic E-state index is 12.1. The molecule has 0 aliphatic rings. The van der Waals surface area contributed by atoms with Crippen molar-refractivity contribution >= 4 is 17.9 Å². The molecule has 0 heterocycles. The number of carbonyl (C=O) groups excluding carboxylic acids is 3. The minimum absolute atomic E-state index is 0.0816. The summed E-state index contributed by atoms with van der Waals surface area (Å²) in [5, 5.41) is 10.3. The van der Waals surface area contributed by atoms with Crippen molar-refractivity contribution in [3.05, 3.63) is 54.1 Å². The van der Waals surface area contributed by atoms with E-state index in [1.807, 2.05) is 6.92 Å². The summed E-state index contributed by atoms with van der Waals surface area (Å²) in [6, 6.07) is 12.7. The third kappa shape index (κ3) is 7.11. The standard InChI is InChI=1S/C21H22O7/c1-2-26-16-9-7-15(8-10-16)21(25)28-18-13-11-17(12-14-18)27-20(24)6-4-3-5-19(22)23/h7-14H,2-6H2,1H3,(H,22,23)/p-1. The van der Waals surface area contributed by atoms with E-state index in [9.17, 15) is 19.5 Å². The summed E-state index contributed by atoms with van der Waals surface area (Å²) in [6.07, 6.45) is 0.798. The molecular weight excluding hydrogens is 364 g/mol. The van der Waals surface area contributed by atoms with E-state index in [0.29, 0.717) is 42.3 Å². The molecule has 0 fully saturated rings. The molecule has 28 heavy (non-hydrogen) atoms. The first-order valence-electron chi connectivity index (χ1n) is 8.93. The van der Waals surface area contributed by atoms with Crippen molar-refractivity contribution in [2.45, 2.75) is 32.6 Å². The van der Waals surface area contributed by atoms with Crippen LogP contribution < -0.4 is 19.3 Å². The highest BCUT2D eigenvalue weighted by atomic mass is 16.5. The molecule has 0 aromatic heterocycles. The van der Waals surface area contributed by atoms with E-state index in [4.69, 9.17) is 14.2 Å². The Labute approximate surface area is 162 Å². The van der Waals surface area contributed by atoms with Gasteiger partial charge in [-0.2, -0.15) is 0 Å². The SMILES string of the molecule is CCOc1ccc(C(=O)Oc2ccc(OC(=O)CCCCC(=O)[O-])cc2)cc1. The Hall–Kier alpha value is -3.35. The summed E-state index contributed by atoms with van der Waals surface area (Å²) >= 11 is 0. The van der Waals surface area contributed by atoms with Crippen LogP contribution in [0.5, 0.6) is 17.2 Å². The van der Waals surface area contributed by atoms with Crippen LogP contribution in [-0.4, -0.2) is 24.5 Å². The number of benzene rings is 2. The third-order valence-corrected chi connectivity index (χ3v) is 3.68. The van der Waals surface area contributed by atoms with Gasteiger partial charge < -0.3 is 24.1 Å². The minimum Gasteiger partial charge on any atom is -0.550 e. The number of esters is 2. The largest absolute Gasteiger partial charge is 0.550 e. The highest BCUT2D eigenvalue weighted by Gasteiger charge is 2.10. The number of carboxylic acid groups (broad SMARTS) is 1. The average Bonchev–Trinajstić information content (AvgIpc) is 2.67. The zero-order chi connectivity index (χ0) is 20.4. The van der Waals surface area contributed by atoms with Gasteiger partial charge in [0.1, 0.15) is 17.2 Å². The molecule has 0 N–H and O–H groups in total. The lowest BCUT2D eigenvalue weighted by Crippen LogP contribution is -2.21. The van der Waals surface area contributed by atoms with E-state index in [1.165, 1.54) is 24.3 Å². The molecule has 0 bridgehead atoms. The van der Waals surface area contributed by atoms with E-state index in [-0.39, 0.29) is 12.8 Å². The predicted molar refractivity (Wildman–Crippen MR) is 98.1 cm³/mol. The summed E-state index contributed by atoms with van der Waals surface area (Å²) in [4.78, 5) is 34.2. The van der Waals surface area contributed by atoms with Crippen LogP contribution in [0.25, 0.3) is 0 Å². The second-order valence-corrected chi connectivity index (χ2v) is 5.87. The first kappa shape index (κ1) is 21.0. The molecule has 0 unspecified atom stereocenters. The monoisotopic (exact) mass is 385 g/mol. The Kier molecular flexibility index (Phi) is 8.02. The number of hydrogen-bond donors (Lipinski definition) is 0. The van der Waals surface area contributed by atoms with Crippen molar-refractivity contribution in [1.82, 2.24) is 0 Å². The Morgan fingerprint density at radius 2 is 1.32 bits per heavy atom. The highest BCUT2D eigenvalue weighted by molar-refractivity contribution is 5.91. The Morgan fingerprint density at radius 1 is 0.786 bits per heavy atom. The fourth-order valence-corrected chi connectivity index (χ4v) is 2.32. The molecule has 2 aromatic carbocycles. The molecule has 0 saturated carbocycles. The van der Waals surface area contributed by atoms with Crippen molar-refractivity contribution in [1.29, 1.82) is 0 Å². The van der Waals surface area contributed by atoms with Gasteiger partial charge in [0.25, 0.3) is 0 Å². The topological polar surface area (TPSA) is 102 Å². The van der Waals surface area contributed by atoms with Crippen LogP contribution in [0.3, 0.4) is 0 Å². The number of unbranched alkanes of at least 4 members (excludes halogenated alkanes) is 1. The fourth-order valence-electron chi connectivity index (χ4n) is 2.32. The Morgan fingerprint density at radius 3 is 1.89 bits per heavy atom. The fraction of sp³-hybridized carbons (Fsp3) is 0.286. The third-order valence-electron chi connectivity index (χ3n) is 3.68. The van der Waals surface area contributed by atoms with Gasteiger partial charge in [-0.05, 0) is 74.7 Å². The van der Waals surface area contributed by atoms with Crippen LogP contribution in [0, 0.1) is 0 Å². The van der Waals surface area contributed by atoms with Gasteiger partial charge in [0, 0.05) is 12.4 Å². The molecule has 0 atom stereocenters. The lowest BCUT2D eigenvalue weighted by atomic mass is 10.2. The second kappa shape index (κ2) is 10.7. The maximum Gasteiger partial charge on any atom is 0.343 e. The normalized spacial score (nSPS) is 10.2. The molecule has 7 nitrogen and oxygen atoms in total. The summed E-state index contributed by atoms with van der Waals surface area (Å²) < 4.78 is 15.7. The molecular formula is C21H21O7-. The van der Waals surface area contributed by atoms with Gasteiger partial charge in [0.2, 0.25) is 0 Å². The van der Waals surface area contributed by atoms with Crippen molar-refractivity contribution in [3.8, 4) is 17.2 Å². The van der Waals surface area contributed by atoms with Gasteiger partial charge in [-0.15, -0.1) is 0 Å². The van der Waals surface area contributed by atoms with E-state index in [2.05, 4.69) is 0 Å². The Balaban J connectivity index is 1.82. The van der Waals surface area contributed by atoms with E-state index < -0.39 is 17.9 Å². The van der Waals surface area contributed by atoms with Crippen LogP contribution in [-0.2, 0) is 9.59 Å². The van der Waals surface area contributed by atoms with Crippen LogP contribution in [0.2, 0.25) is 0 Å². The summed E-state index contributed by atoms with van der Waals surface area (Å²) in [7, 11) is 0. The van der Waals surface area contributed by atoms with Gasteiger partial charge in [0.05, 0.1) is 12.2 Å². The summed E-state index contributed by atoms with van der Waals surface area (Å²) in [5.74, 6) is -0.815. The predicted octanol–water partition coefficient (Wildman–Crippen LogP) is 2.52. The van der Waals surface area contributed by atoms with Crippen LogP contribution in [0.1, 0.15) is 43.0 Å². The van der Waals surface area contributed by atoms with Crippen molar-refractivity contribution in [3.63, 3.8) is 0 Å². The van der Waals surface area contributed by atoms with E-state index >= 15 is 0 Å². The number of carbonyl (C=O) groups is 3. The molecule has 2 aromatic rings. The van der Waals surface area contributed by atoms with Gasteiger partial charge >= 0.3 is 11.9 Å². The molecule has 0 radical (unpaired) electrons. The van der Waals surface area contributed by atoms with Crippen molar-refractivity contribution in [2.24, 2.45) is 0 Å². The maximum atomic E-state index is 12.1. The minimum atomic E-state index is -1.14. The van der Waals surface area contributed by atoms with E-state index in [0.717, 1.165) is 0 Å². The number of ether oxygens (including phenoxy) is 3. The zero-order valence-electron chi connectivity index (χ0n) is 15.5. The molecule has 148 valence electrons. The zero-order valence-corrected chi connectivity index (χ0v) is 15.5. The number of hydrogen-bond acceptors (Lipinski definition) is 7. The van der Waals surface area contributed by atoms with Crippen molar-refractivity contribution < 1.29 is 33.7 Å². The molecule has 2 rings (SSSR count). The van der Waals surface area contributed by atoms with Crippen LogP contribution >= 0.6 is 0 Å². The molecule has 0 amide bonds. The van der Waals surface area contributed by atoms with E-state index in [1.54, 1.807) is 24.3 Å². The van der Waals surface area contributed by atoms with Gasteiger partial charge in [-0.3, -0.25) is 4.79 Å². The molecule has 0 aliphatic carbocycles. The van der Waals surface area contributed by atoms with Crippen molar-refractivity contribution in [2.75, 3.05) is 6.61 Å². The molecule has 0 saturated heterocycles. The Bertz CT molecular complexity index is 795. The first-order chi connectivity index (χ1) is 13.5. The quantitative estimate of drug-likeness (QED) is 0.352. The summed E-state index contributed by atoms with van der Waals surface area (Å²) in [6.45, 7) is 2.42. The first-order valence-corrected chi connectivity index (χ1v) is 8.93. The van der Waals surface area contributed by atoms with Gasteiger partial charge in [0.15, 0.2) is 0 Å². The second-order valence-electron chi connectivity index (χ2n) is 5.87. The molecule has 0 spiro atoms. The smallest absolute Gasteiger partial charge is 0.343 e. The average molecular weight is 385 g/mol. The van der Waals surface area contributed by atoms with Crippen LogP contribution in [0.4, 0.5) is 0 Å². The molecule has 7 heteroatoms. The number of carboxylic acids is 1. The lowest BCUT2D eigenvalue weighted by molar-refractivity contribution is -0.305. The van der Waals surface area contributed by atoms with Gasteiger partial charge in [-0.25, -0.2) is 4.79 Å². The highest BCUT2D eigenvalue weighted by Crippen LogP contribution is 2.20. The summed E-state index contributed by atoms with van der Waals surface area (Å²) in [5.41, 5.74) is 0.385. The van der Waals surface area contributed by atoms with Gasteiger partial charge in [-0.1, -0.05) is 0 Å². The number of aliphatic carboxylic acids is 1. The lowest BCUT2D eigenvalue weighted by Gasteiger charge is -2.08. The van der Waals surface area contributed by atoms with Crippen LogP contribution in [0.15, 0.2) is 48.5 Å². The number of rotatable bonds is 10.